The Kier molecular flexibility index (Phi) is 3.62. The summed E-state index contributed by atoms with van der Waals surface area (Å²) in [7, 11) is 0. The second kappa shape index (κ2) is 5.55. The Balaban J connectivity index is 2.36. The molecule has 3 N–H and O–H groups in total. The lowest BCUT2D eigenvalue weighted by Crippen LogP contribution is -1.96. The van der Waals surface area contributed by atoms with Gasteiger partial charge in [0.2, 0.25) is 6.41 Å². The molecule has 2 aromatic rings. The highest BCUT2D eigenvalue weighted by atomic mass is 16.1. The first-order valence-corrected chi connectivity index (χ1v) is 5.47. The van der Waals surface area contributed by atoms with Gasteiger partial charge in [-0.05, 0) is 24.3 Å². The Morgan fingerprint density at radius 3 is 2.28 bits per heavy atom. The van der Waals surface area contributed by atoms with Crippen LogP contribution in [0.5, 0.6) is 0 Å². The third-order valence-corrected chi connectivity index (χ3v) is 2.43. The van der Waals surface area contributed by atoms with Crippen molar-refractivity contribution in [3.05, 3.63) is 59.7 Å². The van der Waals surface area contributed by atoms with E-state index >= 15 is 0 Å². The molecule has 88 valence electrons. The molecule has 3 nitrogen and oxygen atoms in total. The van der Waals surface area contributed by atoms with Crippen molar-refractivity contribution in [2.75, 3.05) is 11.1 Å². The number of amides is 1. The van der Waals surface area contributed by atoms with Gasteiger partial charge in [0, 0.05) is 16.8 Å². The summed E-state index contributed by atoms with van der Waals surface area (Å²) < 4.78 is 0. The fraction of sp³-hybridized carbons (Fsp3) is 0. The number of nitrogens with two attached hydrogens (primary N) is 1. The molecule has 2 aromatic carbocycles. The first-order valence-electron chi connectivity index (χ1n) is 5.47. The summed E-state index contributed by atoms with van der Waals surface area (Å²) in [5, 5.41) is 2.61. The number of hydrogen-bond donors (Lipinski definition) is 2. The predicted octanol–water partition coefficient (Wildman–Crippen LogP) is 2.24. The Bertz CT molecular complexity index is 624. The lowest BCUT2D eigenvalue weighted by molar-refractivity contribution is -0.105. The summed E-state index contributed by atoms with van der Waals surface area (Å²) in [5.41, 5.74) is 8.67. The van der Waals surface area contributed by atoms with Crippen LogP contribution in [0.2, 0.25) is 0 Å². The second-order valence-corrected chi connectivity index (χ2v) is 3.65. The summed E-state index contributed by atoms with van der Waals surface area (Å²) in [6.07, 6.45) is 0.636. The molecule has 0 aliphatic heterocycles. The highest BCUT2D eigenvalue weighted by Gasteiger charge is 1.97. The molecule has 0 unspecified atom stereocenters. The van der Waals surface area contributed by atoms with Gasteiger partial charge in [-0.25, -0.2) is 0 Å². The highest BCUT2D eigenvalue weighted by Crippen LogP contribution is 2.14. The molecule has 3 heteroatoms. The molecule has 0 aliphatic rings. The van der Waals surface area contributed by atoms with E-state index in [2.05, 4.69) is 17.2 Å². The molecule has 0 radical (unpaired) electrons. The number of nitrogen functional groups attached to an aromatic ring is 1. The Labute approximate surface area is 106 Å². The first-order chi connectivity index (χ1) is 8.81. The fourth-order valence-electron chi connectivity index (χ4n) is 1.53. The van der Waals surface area contributed by atoms with E-state index in [0.717, 1.165) is 11.1 Å². The maximum absolute atomic E-state index is 10.5. The predicted molar refractivity (Wildman–Crippen MR) is 73.0 cm³/mol. The summed E-state index contributed by atoms with van der Waals surface area (Å²) in [6, 6.07) is 14.8. The topological polar surface area (TPSA) is 55.1 Å². The number of carbonyl (C=O) groups is 1. The van der Waals surface area contributed by atoms with Gasteiger partial charge in [-0.15, -0.1) is 0 Å². The van der Waals surface area contributed by atoms with E-state index in [9.17, 15) is 4.79 Å². The molecule has 0 heterocycles. The van der Waals surface area contributed by atoms with Gasteiger partial charge in [0.15, 0.2) is 0 Å². The van der Waals surface area contributed by atoms with Crippen LogP contribution in [0.4, 0.5) is 11.4 Å². The van der Waals surface area contributed by atoms with Gasteiger partial charge >= 0.3 is 0 Å². The molecule has 0 bridgehead atoms. The highest BCUT2D eigenvalue weighted by molar-refractivity contribution is 5.76. The summed E-state index contributed by atoms with van der Waals surface area (Å²) in [6.45, 7) is 0. The minimum Gasteiger partial charge on any atom is -0.398 e. The quantitative estimate of drug-likeness (QED) is 0.477. The van der Waals surface area contributed by atoms with Crippen LogP contribution < -0.4 is 11.1 Å². The number of para-hydroxylation sites is 2. The van der Waals surface area contributed by atoms with Crippen LogP contribution in [0.1, 0.15) is 11.1 Å². The van der Waals surface area contributed by atoms with Gasteiger partial charge < -0.3 is 11.1 Å². The van der Waals surface area contributed by atoms with Crippen LogP contribution in [-0.4, -0.2) is 6.41 Å². The van der Waals surface area contributed by atoms with Crippen LogP contribution in [0.25, 0.3) is 0 Å². The number of carbonyl (C=O) groups excluding carboxylic acids is 1. The van der Waals surface area contributed by atoms with Crippen LogP contribution in [0.15, 0.2) is 48.5 Å². The maximum atomic E-state index is 10.5. The Morgan fingerprint density at radius 2 is 1.56 bits per heavy atom. The van der Waals surface area contributed by atoms with Crippen LogP contribution >= 0.6 is 0 Å². The SMILES string of the molecule is Nc1ccccc1C#Cc1ccccc1NC=O. The average Bonchev–Trinajstić information content (AvgIpc) is 2.40. The van der Waals surface area contributed by atoms with Crippen molar-refractivity contribution >= 4 is 17.8 Å². The molecule has 0 fully saturated rings. The minimum absolute atomic E-state index is 0.636. The summed E-state index contributed by atoms with van der Waals surface area (Å²) >= 11 is 0. The smallest absolute Gasteiger partial charge is 0.211 e. The van der Waals surface area contributed by atoms with E-state index in [-0.39, 0.29) is 0 Å². The van der Waals surface area contributed by atoms with Crippen molar-refractivity contribution in [3.63, 3.8) is 0 Å². The molecule has 2 rings (SSSR count). The molecule has 0 aliphatic carbocycles. The van der Waals surface area contributed by atoms with Crippen LogP contribution in [0, 0.1) is 11.8 Å². The number of anilines is 2. The van der Waals surface area contributed by atoms with Crippen molar-refractivity contribution in [1.82, 2.24) is 0 Å². The van der Waals surface area contributed by atoms with E-state index in [0.29, 0.717) is 17.8 Å². The molecule has 0 spiro atoms. The molecule has 0 aromatic heterocycles. The van der Waals surface area contributed by atoms with E-state index in [1.54, 1.807) is 12.1 Å². The summed E-state index contributed by atoms with van der Waals surface area (Å²) in [4.78, 5) is 10.5. The van der Waals surface area contributed by atoms with E-state index < -0.39 is 0 Å². The zero-order valence-electron chi connectivity index (χ0n) is 9.68. The molecular formula is C15H12N2O. The van der Waals surface area contributed by atoms with Crippen molar-refractivity contribution in [2.24, 2.45) is 0 Å². The van der Waals surface area contributed by atoms with Gasteiger partial charge in [-0.1, -0.05) is 36.1 Å². The molecule has 18 heavy (non-hydrogen) atoms. The summed E-state index contributed by atoms with van der Waals surface area (Å²) in [5.74, 6) is 6.00. The van der Waals surface area contributed by atoms with Crippen LogP contribution in [0.3, 0.4) is 0 Å². The van der Waals surface area contributed by atoms with E-state index in [4.69, 9.17) is 5.73 Å². The third-order valence-electron chi connectivity index (χ3n) is 2.43. The second-order valence-electron chi connectivity index (χ2n) is 3.65. The first kappa shape index (κ1) is 11.7. The minimum atomic E-state index is 0.636. The zero-order valence-corrected chi connectivity index (χ0v) is 9.68. The zero-order chi connectivity index (χ0) is 12.8. The standard InChI is InChI=1S/C15H12N2O/c16-14-7-3-1-5-12(14)9-10-13-6-2-4-8-15(13)17-11-18/h1-8,11H,16H2,(H,17,18). The van der Waals surface area contributed by atoms with Crippen molar-refractivity contribution < 1.29 is 4.79 Å². The largest absolute Gasteiger partial charge is 0.398 e. The Morgan fingerprint density at radius 1 is 0.944 bits per heavy atom. The lowest BCUT2D eigenvalue weighted by Gasteiger charge is -2.01. The van der Waals surface area contributed by atoms with E-state index in [1.807, 2.05) is 36.4 Å². The number of hydrogen-bond acceptors (Lipinski definition) is 2. The van der Waals surface area contributed by atoms with Crippen molar-refractivity contribution in [3.8, 4) is 11.8 Å². The lowest BCUT2D eigenvalue weighted by atomic mass is 10.1. The van der Waals surface area contributed by atoms with E-state index in [1.165, 1.54) is 0 Å². The number of benzene rings is 2. The van der Waals surface area contributed by atoms with Gasteiger partial charge in [0.25, 0.3) is 0 Å². The van der Waals surface area contributed by atoms with Gasteiger partial charge in [-0.2, -0.15) is 0 Å². The fourth-order valence-corrected chi connectivity index (χ4v) is 1.53. The third kappa shape index (κ3) is 2.69. The molecule has 0 saturated heterocycles. The molecule has 0 saturated carbocycles. The van der Waals surface area contributed by atoms with Crippen molar-refractivity contribution in [2.45, 2.75) is 0 Å². The van der Waals surface area contributed by atoms with Gasteiger partial charge in [-0.3, -0.25) is 4.79 Å². The number of nitrogens with one attached hydrogen (secondary N) is 1. The van der Waals surface area contributed by atoms with Crippen LogP contribution in [-0.2, 0) is 4.79 Å². The molecular weight excluding hydrogens is 224 g/mol. The molecule has 1 amide bonds. The molecule has 0 atom stereocenters. The average molecular weight is 236 g/mol. The van der Waals surface area contributed by atoms with Gasteiger partial charge in [0.05, 0.1) is 5.69 Å². The number of rotatable bonds is 2. The van der Waals surface area contributed by atoms with Crippen molar-refractivity contribution in [1.29, 1.82) is 0 Å². The normalized spacial score (nSPS) is 9.11. The monoisotopic (exact) mass is 236 g/mol. The van der Waals surface area contributed by atoms with Gasteiger partial charge in [0.1, 0.15) is 0 Å². The Hall–Kier alpha value is -2.73. The maximum Gasteiger partial charge on any atom is 0.211 e.